The molecule has 110 valence electrons. The van der Waals surface area contributed by atoms with Gasteiger partial charge in [-0.15, -0.1) is 11.3 Å². The van der Waals surface area contributed by atoms with E-state index in [1.54, 1.807) is 11.3 Å². The molecule has 0 aromatic carbocycles. The van der Waals surface area contributed by atoms with Gasteiger partial charge in [-0.2, -0.15) is 0 Å². The van der Waals surface area contributed by atoms with Gasteiger partial charge in [0.25, 0.3) is 0 Å². The van der Waals surface area contributed by atoms with E-state index >= 15 is 0 Å². The molecule has 1 aromatic heterocycles. The summed E-state index contributed by atoms with van der Waals surface area (Å²) in [6, 6.07) is 2.15. The van der Waals surface area contributed by atoms with Gasteiger partial charge in [0.05, 0.1) is 16.4 Å². The van der Waals surface area contributed by atoms with E-state index in [0.717, 1.165) is 25.7 Å². The number of hydrogen-bond acceptors (Lipinski definition) is 3. The van der Waals surface area contributed by atoms with E-state index in [1.165, 1.54) is 15.3 Å². The lowest BCUT2D eigenvalue weighted by Crippen LogP contribution is -2.47. The number of carbonyl (C=O) groups excluding carboxylic acids is 1. The van der Waals surface area contributed by atoms with E-state index < -0.39 is 5.41 Å². The highest BCUT2D eigenvalue weighted by Crippen LogP contribution is 2.39. The van der Waals surface area contributed by atoms with Gasteiger partial charge in [-0.05, 0) is 45.2 Å². The molecule has 1 aliphatic rings. The monoisotopic (exact) mass is 310 g/mol. The van der Waals surface area contributed by atoms with Crippen LogP contribution in [-0.2, 0) is 4.79 Å². The molecule has 1 atom stereocenters. The van der Waals surface area contributed by atoms with Crippen LogP contribution in [0.25, 0.3) is 0 Å². The number of rotatable bonds is 4. The molecule has 1 saturated carbocycles. The zero-order chi connectivity index (χ0) is 14.9. The van der Waals surface area contributed by atoms with Gasteiger partial charge in [0.1, 0.15) is 0 Å². The first kappa shape index (κ1) is 15.4. The van der Waals surface area contributed by atoms with Crippen molar-refractivity contribution in [1.29, 1.82) is 0 Å². The minimum absolute atomic E-state index is 0.000671. The van der Waals surface area contributed by atoms with Crippen molar-refractivity contribution in [2.45, 2.75) is 52.5 Å². The molecular formula is C15H22N2OS2. The van der Waals surface area contributed by atoms with Gasteiger partial charge in [0.15, 0.2) is 0 Å². The van der Waals surface area contributed by atoms with Crippen molar-refractivity contribution in [1.82, 2.24) is 5.32 Å². The molecule has 1 fully saturated rings. The molecule has 0 bridgehead atoms. The Labute approximate surface area is 129 Å². The summed E-state index contributed by atoms with van der Waals surface area (Å²) in [5.41, 5.74) is 6.42. The summed E-state index contributed by atoms with van der Waals surface area (Å²) in [7, 11) is 0. The first-order chi connectivity index (χ1) is 9.36. The lowest BCUT2D eigenvalue weighted by Gasteiger charge is -2.28. The van der Waals surface area contributed by atoms with Crippen LogP contribution in [0.4, 0.5) is 0 Å². The quantitative estimate of drug-likeness (QED) is 0.838. The van der Waals surface area contributed by atoms with Gasteiger partial charge in [0.2, 0.25) is 5.91 Å². The van der Waals surface area contributed by atoms with E-state index in [4.69, 9.17) is 18.0 Å². The van der Waals surface area contributed by atoms with E-state index in [9.17, 15) is 4.79 Å². The molecule has 20 heavy (non-hydrogen) atoms. The van der Waals surface area contributed by atoms with Crippen LogP contribution in [0.1, 0.15) is 54.0 Å². The fourth-order valence-corrected chi connectivity index (χ4v) is 4.38. The number of aryl methyl sites for hydroxylation is 2. The Balaban J connectivity index is 2.14. The second-order valence-electron chi connectivity index (χ2n) is 5.72. The molecule has 0 saturated heterocycles. The second kappa shape index (κ2) is 5.82. The molecule has 3 N–H and O–H groups in total. The first-order valence-electron chi connectivity index (χ1n) is 7.04. The maximum absolute atomic E-state index is 12.6. The van der Waals surface area contributed by atoms with Crippen molar-refractivity contribution in [3.8, 4) is 0 Å². The molecule has 1 aromatic rings. The van der Waals surface area contributed by atoms with E-state index in [1.807, 2.05) is 6.92 Å². The summed E-state index contributed by atoms with van der Waals surface area (Å²) in [6.45, 7) is 6.20. The van der Waals surface area contributed by atoms with Gasteiger partial charge in [-0.1, -0.05) is 25.1 Å². The van der Waals surface area contributed by atoms with Crippen LogP contribution in [0.15, 0.2) is 6.07 Å². The first-order valence-corrected chi connectivity index (χ1v) is 8.27. The van der Waals surface area contributed by atoms with Crippen molar-refractivity contribution >= 4 is 34.5 Å². The number of nitrogens with two attached hydrogens (primary N) is 1. The van der Waals surface area contributed by atoms with Crippen LogP contribution in [0, 0.1) is 19.3 Å². The van der Waals surface area contributed by atoms with Crippen molar-refractivity contribution in [2.24, 2.45) is 11.1 Å². The minimum atomic E-state index is -0.622. The third-order valence-electron chi connectivity index (χ3n) is 4.26. The Morgan fingerprint density at radius 1 is 1.45 bits per heavy atom. The predicted molar refractivity (Wildman–Crippen MR) is 88.0 cm³/mol. The zero-order valence-corrected chi connectivity index (χ0v) is 13.9. The highest BCUT2D eigenvalue weighted by atomic mass is 32.1. The number of thiophene rings is 1. The van der Waals surface area contributed by atoms with Crippen LogP contribution < -0.4 is 11.1 Å². The average molecular weight is 310 g/mol. The number of nitrogens with one attached hydrogen (secondary N) is 1. The molecule has 2 rings (SSSR count). The molecule has 1 amide bonds. The van der Waals surface area contributed by atoms with Crippen molar-refractivity contribution in [2.75, 3.05) is 0 Å². The van der Waals surface area contributed by atoms with Crippen LogP contribution in [-0.4, -0.2) is 10.9 Å². The van der Waals surface area contributed by atoms with Gasteiger partial charge >= 0.3 is 0 Å². The normalized spacial score (nSPS) is 18.8. The van der Waals surface area contributed by atoms with Crippen molar-refractivity contribution in [3.63, 3.8) is 0 Å². The van der Waals surface area contributed by atoms with Crippen molar-refractivity contribution in [3.05, 3.63) is 21.4 Å². The largest absolute Gasteiger partial charge is 0.392 e. The van der Waals surface area contributed by atoms with E-state index in [-0.39, 0.29) is 11.9 Å². The maximum atomic E-state index is 12.6. The highest BCUT2D eigenvalue weighted by Gasteiger charge is 2.44. The van der Waals surface area contributed by atoms with E-state index in [2.05, 4.69) is 25.2 Å². The molecular weight excluding hydrogens is 288 g/mol. The third-order valence-corrected chi connectivity index (χ3v) is 5.63. The summed E-state index contributed by atoms with van der Waals surface area (Å²) in [5.74, 6) is -0.00162. The number of carbonyl (C=O) groups is 1. The average Bonchev–Trinajstić information content (AvgIpc) is 2.96. The Bertz CT molecular complexity index is 530. The summed E-state index contributed by atoms with van der Waals surface area (Å²) in [5, 5.41) is 3.11. The van der Waals surface area contributed by atoms with Crippen molar-refractivity contribution < 1.29 is 4.79 Å². The second-order valence-corrected chi connectivity index (χ2v) is 7.62. The summed E-state index contributed by atoms with van der Waals surface area (Å²) in [4.78, 5) is 15.5. The van der Waals surface area contributed by atoms with Gasteiger partial charge < -0.3 is 11.1 Å². The smallest absolute Gasteiger partial charge is 0.233 e. The zero-order valence-electron chi connectivity index (χ0n) is 12.3. The number of thiocarbonyl (C=S) groups is 1. The lowest BCUT2D eigenvalue weighted by atomic mass is 9.84. The molecule has 0 radical (unpaired) electrons. The fourth-order valence-electron chi connectivity index (χ4n) is 3.06. The fraction of sp³-hybridized carbons (Fsp3) is 0.600. The summed E-state index contributed by atoms with van der Waals surface area (Å²) >= 11 is 6.92. The molecule has 0 spiro atoms. The number of amides is 1. The Morgan fingerprint density at radius 3 is 2.50 bits per heavy atom. The van der Waals surface area contributed by atoms with Gasteiger partial charge in [-0.25, -0.2) is 0 Å². The van der Waals surface area contributed by atoms with Crippen LogP contribution in [0.2, 0.25) is 0 Å². The highest BCUT2D eigenvalue weighted by molar-refractivity contribution is 7.80. The summed E-state index contributed by atoms with van der Waals surface area (Å²) < 4.78 is 0. The Morgan fingerprint density at radius 2 is 2.05 bits per heavy atom. The lowest BCUT2D eigenvalue weighted by molar-refractivity contribution is -0.128. The van der Waals surface area contributed by atoms with Crippen LogP contribution >= 0.6 is 23.6 Å². The molecule has 1 aliphatic carbocycles. The molecule has 1 heterocycles. The minimum Gasteiger partial charge on any atom is -0.392 e. The van der Waals surface area contributed by atoms with Crippen LogP contribution in [0.5, 0.6) is 0 Å². The predicted octanol–water partition coefficient (Wildman–Crippen LogP) is 3.39. The SMILES string of the molecule is Cc1cc(C(C)NC(=O)C2(C(N)=S)CCCC2)c(C)s1. The van der Waals surface area contributed by atoms with Crippen LogP contribution in [0.3, 0.4) is 0 Å². The maximum Gasteiger partial charge on any atom is 0.233 e. The van der Waals surface area contributed by atoms with Gasteiger partial charge in [0, 0.05) is 9.75 Å². The number of hydrogen-bond donors (Lipinski definition) is 2. The third kappa shape index (κ3) is 2.74. The van der Waals surface area contributed by atoms with E-state index in [0.29, 0.717) is 4.99 Å². The molecule has 0 aliphatic heterocycles. The topological polar surface area (TPSA) is 55.1 Å². The Kier molecular flexibility index (Phi) is 4.49. The standard InChI is InChI=1S/C15H22N2OS2/c1-9-8-12(11(3)20-9)10(2)17-14(18)15(13(16)19)6-4-5-7-15/h8,10H,4-7H2,1-3H3,(H2,16,19)(H,17,18). The van der Waals surface area contributed by atoms with Gasteiger partial charge in [-0.3, -0.25) is 4.79 Å². The molecule has 1 unspecified atom stereocenters. The molecule has 5 heteroatoms. The molecule has 3 nitrogen and oxygen atoms in total. The Hall–Kier alpha value is -0.940. The summed E-state index contributed by atoms with van der Waals surface area (Å²) in [6.07, 6.45) is 3.61.